The summed E-state index contributed by atoms with van der Waals surface area (Å²) in [6, 6.07) is -0.897. The van der Waals surface area contributed by atoms with Crippen molar-refractivity contribution in [3.8, 4) is 0 Å². The molecule has 10 heteroatoms. The van der Waals surface area contributed by atoms with E-state index in [0.717, 1.165) is 83.5 Å². The maximum atomic E-state index is 13.4. The van der Waals surface area contributed by atoms with Crippen molar-refractivity contribution in [3.05, 3.63) is 97.2 Å². The van der Waals surface area contributed by atoms with E-state index in [9.17, 15) is 19.0 Å². The summed E-state index contributed by atoms with van der Waals surface area (Å²) in [5, 5.41) is 2.99. The molecule has 0 heterocycles. The van der Waals surface area contributed by atoms with Gasteiger partial charge in [-0.25, -0.2) is 4.57 Å². The highest BCUT2D eigenvalue weighted by Crippen LogP contribution is 2.43. The highest BCUT2D eigenvalue weighted by Gasteiger charge is 2.30. The molecule has 0 aliphatic rings. The van der Waals surface area contributed by atoms with Crippen LogP contribution in [0.4, 0.5) is 0 Å². The molecule has 1 amide bonds. The van der Waals surface area contributed by atoms with Crippen LogP contribution in [-0.4, -0.2) is 74.3 Å². The number of rotatable bonds is 50. The molecule has 0 aliphatic heterocycles. The molecule has 2 N–H and O–H groups in total. The van der Waals surface area contributed by atoms with E-state index >= 15 is 0 Å². The van der Waals surface area contributed by atoms with Crippen LogP contribution in [0.1, 0.15) is 226 Å². The normalized spacial score (nSPS) is 14.5. The van der Waals surface area contributed by atoms with Gasteiger partial charge in [0.25, 0.3) is 0 Å². The van der Waals surface area contributed by atoms with Gasteiger partial charge in [-0.1, -0.05) is 215 Å². The number of phosphoric ester groups is 1. The molecule has 9 nitrogen and oxygen atoms in total. The van der Waals surface area contributed by atoms with Gasteiger partial charge in [0.15, 0.2) is 0 Å². The van der Waals surface area contributed by atoms with E-state index < -0.39 is 20.0 Å². The SMILES string of the molecule is CC/C=C\C/C=C\C/C=C\C/C=C\C/C=C\CCCCCC(=O)OC(/C=C\CCCCCCCCCCCCC)C(COP(=O)(O)OCC[N+](C)(C)C)NC(=O)CC/C=C/C/C=C\CCCCCCCC. The van der Waals surface area contributed by atoms with E-state index in [4.69, 9.17) is 13.8 Å². The summed E-state index contributed by atoms with van der Waals surface area (Å²) in [5.74, 6) is -0.627. The number of amides is 1. The van der Waals surface area contributed by atoms with Gasteiger partial charge in [-0.3, -0.25) is 18.6 Å². The van der Waals surface area contributed by atoms with Crippen molar-refractivity contribution in [3.63, 3.8) is 0 Å². The van der Waals surface area contributed by atoms with Crippen LogP contribution in [0.15, 0.2) is 97.2 Å². The summed E-state index contributed by atoms with van der Waals surface area (Å²) in [6.45, 7) is 6.80. The molecule has 0 spiro atoms. The van der Waals surface area contributed by atoms with Crippen molar-refractivity contribution in [1.82, 2.24) is 5.32 Å². The Labute approximate surface area is 437 Å². The Morgan fingerprint density at radius 1 is 0.507 bits per heavy atom. The Balaban J connectivity index is 5.50. The number of quaternary nitrogens is 1. The highest BCUT2D eigenvalue weighted by molar-refractivity contribution is 7.47. The largest absolute Gasteiger partial charge is 0.472 e. The van der Waals surface area contributed by atoms with E-state index in [0.29, 0.717) is 23.9 Å². The van der Waals surface area contributed by atoms with Gasteiger partial charge in [0.2, 0.25) is 5.91 Å². The molecular formula is C61H108N2O7P+. The maximum Gasteiger partial charge on any atom is 0.472 e. The first kappa shape index (κ1) is 67.9. The van der Waals surface area contributed by atoms with Crippen molar-refractivity contribution < 1.29 is 37.3 Å². The monoisotopic (exact) mass is 1010 g/mol. The van der Waals surface area contributed by atoms with Gasteiger partial charge in [-0.15, -0.1) is 0 Å². The summed E-state index contributed by atoms with van der Waals surface area (Å²) < 4.78 is 30.5. The number of hydrogen-bond donors (Lipinski definition) is 2. The maximum absolute atomic E-state index is 13.4. The number of ether oxygens (including phenoxy) is 1. The standard InChI is InChI=1S/C61H107N2O7P/c1-7-10-13-16-19-22-25-28-29-30-31-32-33-36-39-42-45-48-51-54-61(65)70-59(52-49-46-43-40-37-34-26-23-20-17-14-11-8-2)58(57-69-71(66,67)68-56-55-63(4,5)6)62-60(64)53-50-47-44-41-38-35-27-24-21-18-15-12-9-3/h10,13,19,22,28-29,31-32,35-36,38-39,44,47,49,52,58-59H,7-9,11-12,14-18,20-21,23-27,30,33-34,37,40-43,45-46,48,50-51,53-57H2,1-6H3,(H-,62,64,66,67)/p+1/b13-10-,22-19-,29-28-,32-31-,38-35-,39-36-,47-44+,52-49-. The van der Waals surface area contributed by atoms with E-state index in [1.807, 2.05) is 39.4 Å². The predicted molar refractivity (Wildman–Crippen MR) is 304 cm³/mol. The van der Waals surface area contributed by atoms with Crippen molar-refractivity contribution in [1.29, 1.82) is 0 Å². The summed E-state index contributed by atoms with van der Waals surface area (Å²) in [7, 11) is 1.43. The van der Waals surface area contributed by atoms with Crippen LogP contribution < -0.4 is 5.32 Å². The molecule has 0 aliphatic carbocycles. The Hall–Kier alpha value is -3.07. The molecule has 408 valence electrons. The highest BCUT2D eigenvalue weighted by atomic mass is 31.2. The summed E-state index contributed by atoms with van der Waals surface area (Å²) in [4.78, 5) is 37.5. The minimum Gasteiger partial charge on any atom is -0.456 e. The van der Waals surface area contributed by atoms with Gasteiger partial charge in [0, 0.05) is 12.8 Å². The zero-order valence-electron chi connectivity index (χ0n) is 46.4. The van der Waals surface area contributed by atoms with Crippen LogP contribution in [0, 0.1) is 0 Å². The van der Waals surface area contributed by atoms with Gasteiger partial charge in [0.05, 0.1) is 33.8 Å². The second-order valence-electron chi connectivity index (χ2n) is 20.1. The molecule has 0 aromatic heterocycles. The number of nitrogens with one attached hydrogen (secondary N) is 1. The fraction of sp³-hybridized carbons (Fsp3) is 0.705. The average molecular weight is 1010 g/mol. The van der Waals surface area contributed by atoms with Gasteiger partial charge >= 0.3 is 13.8 Å². The summed E-state index contributed by atoms with van der Waals surface area (Å²) in [6.07, 6.45) is 67.1. The third kappa shape index (κ3) is 51.6. The second kappa shape index (κ2) is 50.5. The lowest BCUT2D eigenvalue weighted by molar-refractivity contribution is -0.870. The molecule has 0 aromatic rings. The first-order chi connectivity index (χ1) is 34.4. The molecule has 0 aromatic carbocycles. The van der Waals surface area contributed by atoms with Gasteiger partial charge < -0.3 is 19.4 Å². The van der Waals surface area contributed by atoms with Crippen LogP contribution in [0.5, 0.6) is 0 Å². The van der Waals surface area contributed by atoms with E-state index in [-0.39, 0.29) is 37.9 Å². The number of allylic oxidation sites excluding steroid dienone is 15. The van der Waals surface area contributed by atoms with Crippen LogP contribution in [0.25, 0.3) is 0 Å². The fourth-order valence-corrected chi connectivity index (χ4v) is 8.34. The number of carbonyl (C=O) groups excluding carboxylic acids is 2. The number of unbranched alkanes of at least 4 members (excludes halogenated alkanes) is 20. The lowest BCUT2D eigenvalue weighted by Gasteiger charge is -2.27. The zero-order chi connectivity index (χ0) is 52.2. The quantitative estimate of drug-likeness (QED) is 0.0205. The smallest absolute Gasteiger partial charge is 0.456 e. The Morgan fingerprint density at radius 3 is 1.38 bits per heavy atom. The van der Waals surface area contributed by atoms with E-state index in [1.165, 1.54) is 96.3 Å². The molecular weight excluding hydrogens is 904 g/mol. The van der Waals surface area contributed by atoms with E-state index in [1.54, 1.807) is 0 Å². The van der Waals surface area contributed by atoms with Crippen molar-refractivity contribution >= 4 is 19.7 Å². The first-order valence-corrected chi connectivity index (χ1v) is 30.1. The van der Waals surface area contributed by atoms with Crippen molar-refractivity contribution in [2.75, 3.05) is 40.9 Å². The number of nitrogens with zero attached hydrogens (tertiary/aromatic N) is 1. The lowest BCUT2D eigenvalue weighted by atomic mass is 10.0. The number of esters is 1. The van der Waals surface area contributed by atoms with Crippen LogP contribution in [0.2, 0.25) is 0 Å². The third-order valence-corrected chi connectivity index (χ3v) is 13.0. The number of phosphoric acid groups is 1. The number of likely N-dealkylation sites (N-methyl/N-ethyl adjacent to an activating group) is 1. The topological polar surface area (TPSA) is 111 Å². The molecule has 3 atom stereocenters. The summed E-state index contributed by atoms with van der Waals surface area (Å²) >= 11 is 0. The van der Waals surface area contributed by atoms with Gasteiger partial charge in [0.1, 0.15) is 19.3 Å². The minimum absolute atomic E-state index is 0.0211. The number of hydrogen-bond acceptors (Lipinski definition) is 6. The molecule has 0 saturated heterocycles. The van der Waals surface area contributed by atoms with E-state index in [2.05, 4.69) is 105 Å². The second-order valence-corrected chi connectivity index (χ2v) is 21.5. The van der Waals surface area contributed by atoms with Crippen LogP contribution in [0.3, 0.4) is 0 Å². The Morgan fingerprint density at radius 2 is 0.915 bits per heavy atom. The fourth-order valence-electron chi connectivity index (χ4n) is 7.60. The molecule has 3 unspecified atom stereocenters. The third-order valence-electron chi connectivity index (χ3n) is 12.0. The van der Waals surface area contributed by atoms with Crippen molar-refractivity contribution in [2.45, 2.75) is 238 Å². The van der Waals surface area contributed by atoms with Crippen LogP contribution >= 0.6 is 7.82 Å². The molecule has 0 saturated carbocycles. The number of carbonyl (C=O) groups is 2. The zero-order valence-corrected chi connectivity index (χ0v) is 47.3. The Bertz CT molecular complexity index is 1540. The van der Waals surface area contributed by atoms with Crippen molar-refractivity contribution in [2.24, 2.45) is 0 Å². The molecule has 0 fully saturated rings. The molecule has 0 rings (SSSR count). The lowest BCUT2D eigenvalue weighted by Crippen LogP contribution is -2.47. The molecule has 71 heavy (non-hydrogen) atoms. The molecule has 0 radical (unpaired) electrons. The summed E-state index contributed by atoms with van der Waals surface area (Å²) in [5.41, 5.74) is 0. The predicted octanol–water partition coefficient (Wildman–Crippen LogP) is 17.2. The van der Waals surface area contributed by atoms with Gasteiger partial charge in [-0.2, -0.15) is 0 Å². The first-order valence-electron chi connectivity index (χ1n) is 28.6. The molecule has 0 bridgehead atoms. The average Bonchev–Trinajstić information content (AvgIpc) is 3.33. The van der Waals surface area contributed by atoms with Crippen LogP contribution in [-0.2, 0) is 27.9 Å². The minimum atomic E-state index is -4.47. The Kier molecular flexibility index (Phi) is 48.3. The van der Waals surface area contributed by atoms with Gasteiger partial charge in [-0.05, 0) is 96.0 Å².